The molecular formula is C64H83N11O8. The van der Waals surface area contributed by atoms with Crippen LogP contribution in [0.5, 0.6) is 17.2 Å². The molecule has 2 aliphatic heterocycles. The van der Waals surface area contributed by atoms with E-state index in [2.05, 4.69) is 55.5 Å². The summed E-state index contributed by atoms with van der Waals surface area (Å²) in [5.74, 6) is 0.795. The lowest BCUT2D eigenvalue weighted by Crippen LogP contribution is -2.57. The number of epoxide rings is 1. The van der Waals surface area contributed by atoms with E-state index in [1.54, 1.807) is 23.0 Å². The number of anilines is 1. The second-order valence-corrected chi connectivity index (χ2v) is 23.3. The number of rotatable bonds is 29. The number of hydrogen-bond acceptors (Lipinski definition) is 15. The van der Waals surface area contributed by atoms with E-state index in [0.717, 1.165) is 29.8 Å². The second-order valence-electron chi connectivity index (χ2n) is 23.3. The molecule has 7 N–H and O–H groups in total. The molecule has 0 aliphatic carbocycles. The molecule has 19 heteroatoms. The molecule has 4 aromatic carbocycles. The van der Waals surface area contributed by atoms with E-state index in [9.17, 15) is 29.4 Å². The molecule has 442 valence electrons. The number of aromatic hydroxyl groups is 2. The molecule has 2 saturated heterocycles. The van der Waals surface area contributed by atoms with Crippen LogP contribution in [0.4, 0.5) is 5.82 Å². The molecule has 0 radical (unpaired) electrons. The van der Waals surface area contributed by atoms with E-state index in [-0.39, 0.29) is 77.2 Å². The number of nitrogens with one attached hydrogen (secondary N) is 5. The summed E-state index contributed by atoms with van der Waals surface area (Å²) in [6.07, 6.45) is 7.58. The number of nitrogens with zero attached hydrogens (tertiary/aromatic N) is 6. The number of piperidine rings is 1. The van der Waals surface area contributed by atoms with Gasteiger partial charge in [-0.05, 0) is 111 Å². The number of phenolic OH excluding ortho intramolecular Hbond substituents is 2. The molecule has 19 nitrogen and oxygen atoms in total. The van der Waals surface area contributed by atoms with Crippen molar-refractivity contribution in [2.45, 2.75) is 149 Å². The maximum Gasteiger partial charge on any atom is 0.289 e. The Morgan fingerprint density at radius 1 is 0.759 bits per heavy atom. The fraction of sp³-hybridized carbons (Fsp3) is 0.469. The molecule has 2 aromatic heterocycles. The molecular weight excluding hydrogens is 1050 g/mol. The highest BCUT2D eigenvalue weighted by molar-refractivity contribution is 5.94. The van der Waals surface area contributed by atoms with Gasteiger partial charge < -0.3 is 51.2 Å². The summed E-state index contributed by atoms with van der Waals surface area (Å²) in [7, 11) is 0. The first kappa shape index (κ1) is 61.3. The fourth-order valence-corrected chi connectivity index (χ4v) is 10.5. The Morgan fingerprint density at radius 3 is 2.02 bits per heavy atom. The number of aromatic nitrogens is 5. The highest BCUT2D eigenvalue weighted by atomic mass is 16.6. The van der Waals surface area contributed by atoms with Crippen molar-refractivity contribution in [3.05, 3.63) is 138 Å². The van der Waals surface area contributed by atoms with Gasteiger partial charge in [0, 0.05) is 63.4 Å². The highest BCUT2D eigenvalue weighted by Crippen LogP contribution is 2.39. The van der Waals surface area contributed by atoms with Crippen LogP contribution >= 0.6 is 0 Å². The van der Waals surface area contributed by atoms with Gasteiger partial charge in [0.15, 0.2) is 11.6 Å². The first-order valence-electron chi connectivity index (χ1n) is 29.3. The van der Waals surface area contributed by atoms with Crippen LogP contribution in [0.3, 0.4) is 0 Å². The Hall–Kier alpha value is -7.74. The van der Waals surface area contributed by atoms with Crippen molar-refractivity contribution in [3.63, 3.8) is 0 Å². The van der Waals surface area contributed by atoms with Crippen molar-refractivity contribution >= 4 is 29.3 Å². The van der Waals surface area contributed by atoms with Crippen molar-refractivity contribution in [3.8, 4) is 34.3 Å². The van der Waals surface area contributed by atoms with Crippen molar-refractivity contribution in [2.24, 2.45) is 11.8 Å². The Kier molecular flexibility index (Phi) is 21.1. The van der Waals surface area contributed by atoms with E-state index in [1.165, 1.54) is 6.07 Å². The number of carbonyl (C=O) groups excluding carboxylic acids is 4. The molecule has 0 spiro atoms. The van der Waals surface area contributed by atoms with E-state index in [4.69, 9.17) is 19.4 Å². The molecule has 4 heterocycles. The Balaban J connectivity index is 0.887. The van der Waals surface area contributed by atoms with Crippen LogP contribution in [0, 0.1) is 11.8 Å². The van der Waals surface area contributed by atoms with Gasteiger partial charge in [-0.3, -0.25) is 28.7 Å². The van der Waals surface area contributed by atoms with Gasteiger partial charge in [-0.1, -0.05) is 102 Å². The number of phenols is 2. The van der Waals surface area contributed by atoms with Crippen LogP contribution in [0.15, 0.2) is 109 Å². The second kappa shape index (κ2) is 28.5. The van der Waals surface area contributed by atoms with Crippen molar-refractivity contribution in [2.75, 3.05) is 37.7 Å². The summed E-state index contributed by atoms with van der Waals surface area (Å²) in [6.45, 7) is 18.5. The van der Waals surface area contributed by atoms with Crippen molar-refractivity contribution in [1.29, 1.82) is 0 Å². The number of ketones is 1. The third-order valence-electron chi connectivity index (χ3n) is 15.2. The number of hydrogen-bond donors (Lipinski definition) is 7. The van der Waals surface area contributed by atoms with Gasteiger partial charge in [-0.15, -0.1) is 10.2 Å². The molecule has 8 rings (SSSR count). The van der Waals surface area contributed by atoms with Gasteiger partial charge >= 0.3 is 0 Å². The molecule has 3 amide bonds. The average Bonchev–Trinajstić information content (AvgIpc) is 4.19. The minimum absolute atomic E-state index is 0.0242. The minimum atomic E-state index is -0.814. The van der Waals surface area contributed by atoms with Crippen molar-refractivity contribution in [1.82, 2.24) is 51.3 Å². The normalized spacial score (nSPS) is 16.8. The predicted molar refractivity (Wildman–Crippen MR) is 320 cm³/mol. The number of aryl methyl sites for hydroxylation is 1. The molecule has 0 bridgehead atoms. The number of carbonyl (C=O) groups is 4. The zero-order valence-corrected chi connectivity index (χ0v) is 49.2. The van der Waals surface area contributed by atoms with Gasteiger partial charge in [0.1, 0.15) is 40.8 Å². The fourth-order valence-electron chi connectivity index (χ4n) is 10.5. The smallest absolute Gasteiger partial charge is 0.289 e. The molecule has 5 atom stereocenters. The van der Waals surface area contributed by atoms with Gasteiger partial charge in [0.05, 0.1) is 42.3 Å². The van der Waals surface area contributed by atoms with E-state index in [1.807, 2.05) is 126 Å². The quantitative estimate of drug-likeness (QED) is 0.0222. The van der Waals surface area contributed by atoms with Gasteiger partial charge in [0.25, 0.3) is 5.91 Å². The summed E-state index contributed by atoms with van der Waals surface area (Å²) in [5, 5.41) is 46.2. The Bertz CT molecular complexity index is 3090. The standard InChI is InChI=1S/C64H83N11O8/c1-9-65-63(81)60-73-72-59(51-33-50(42(6)7)55(76)34-56(51)77)75(60)47-21-23-48(24-22-47)83-49-26-28-74(29-27-49)57-38-66-46(37-69-57)36-67-52(25-20-43-16-12-10-13-17-43)61(79)71-54(31-41(4)5)62(80)70-45(32-44-18-14-11-15-19-44)35-68-53(30-40(2)3)58(78)64(8)39-82-64/h10-19,21-24,33-34,37-38,40-42,45,49,52-54,67-68,76-77H,9,20,25-32,35-36,39H2,1-8H3,(H,65,81)(H,70,80)(H,71,79). The maximum atomic E-state index is 14.5. The summed E-state index contributed by atoms with van der Waals surface area (Å²) in [4.78, 5) is 67.4. The lowest BCUT2D eigenvalue weighted by molar-refractivity contribution is -0.131. The summed E-state index contributed by atoms with van der Waals surface area (Å²) in [5.41, 5.74) is 3.54. The summed E-state index contributed by atoms with van der Waals surface area (Å²) in [6, 6.07) is 27.9. The van der Waals surface area contributed by atoms with Crippen LogP contribution in [0.25, 0.3) is 17.1 Å². The Labute approximate surface area is 487 Å². The first-order chi connectivity index (χ1) is 39.9. The van der Waals surface area contributed by atoms with Crippen LogP contribution in [-0.4, -0.2) is 127 Å². The van der Waals surface area contributed by atoms with Crippen LogP contribution in [-0.2, 0) is 38.5 Å². The molecule has 83 heavy (non-hydrogen) atoms. The lowest BCUT2D eigenvalue weighted by atomic mass is 9.93. The van der Waals surface area contributed by atoms with Gasteiger partial charge in [-0.2, -0.15) is 0 Å². The third kappa shape index (κ3) is 16.7. The lowest BCUT2D eigenvalue weighted by Gasteiger charge is -2.32. The molecule has 2 fully saturated rings. The number of Topliss-reactive ketones (excluding diaryl/α,β-unsaturated/α-hetero) is 1. The monoisotopic (exact) mass is 1130 g/mol. The van der Waals surface area contributed by atoms with E-state index < -0.39 is 29.6 Å². The SMILES string of the molecule is CCNC(=O)c1nnc(-c2cc(C(C)C)c(O)cc2O)n1-c1ccc(OC2CCN(c3cnc(CNC(CCc4ccccc4)C(=O)NC(CC(C)C)C(=O)NC(CNC(CC(C)C)C(=O)C4(C)CO4)Cc4ccccc4)cn3)CC2)cc1. The molecule has 6 aromatic rings. The van der Waals surface area contributed by atoms with Crippen LogP contribution in [0.2, 0.25) is 0 Å². The third-order valence-corrected chi connectivity index (χ3v) is 15.2. The topological polar surface area (TPSA) is 250 Å². The molecule has 0 saturated carbocycles. The van der Waals surface area contributed by atoms with E-state index in [0.29, 0.717) is 93.1 Å². The number of ether oxygens (including phenoxy) is 2. The zero-order valence-electron chi connectivity index (χ0n) is 49.2. The minimum Gasteiger partial charge on any atom is -0.508 e. The van der Waals surface area contributed by atoms with Crippen molar-refractivity contribution < 1.29 is 38.9 Å². The number of amides is 3. The first-order valence-corrected chi connectivity index (χ1v) is 29.3. The molecule has 5 unspecified atom stereocenters. The van der Waals surface area contributed by atoms with E-state index >= 15 is 0 Å². The predicted octanol–water partition coefficient (Wildman–Crippen LogP) is 7.77. The summed E-state index contributed by atoms with van der Waals surface area (Å²) >= 11 is 0. The number of benzene rings is 4. The van der Waals surface area contributed by atoms with Crippen LogP contribution in [0.1, 0.15) is 126 Å². The maximum absolute atomic E-state index is 14.5. The molecule has 2 aliphatic rings. The highest BCUT2D eigenvalue weighted by Gasteiger charge is 2.49. The van der Waals surface area contributed by atoms with Gasteiger partial charge in [-0.25, -0.2) is 4.98 Å². The zero-order chi connectivity index (χ0) is 59.2. The average molecular weight is 1130 g/mol. The largest absolute Gasteiger partial charge is 0.508 e. The Morgan fingerprint density at radius 2 is 1.41 bits per heavy atom. The van der Waals surface area contributed by atoms with Crippen LogP contribution < -0.4 is 36.2 Å². The summed E-state index contributed by atoms with van der Waals surface area (Å²) < 4.78 is 13.6. The van der Waals surface area contributed by atoms with Gasteiger partial charge in [0.2, 0.25) is 17.6 Å².